The summed E-state index contributed by atoms with van der Waals surface area (Å²) in [7, 11) is -5.20. The summed E-state index contributed by atoms with van der Waals surface area (Å²) in [6.07, 6.45) is -2.68. The molecule has 10 atom stereocenters. The number of nitrogens with two attached hydrogens (primary N) is 3. The Bertz CT molecular complexity index is 1730. The number of halogens is 1. The Morgan fingerprint density at radius 2 is 1.85 bits per heavy atom. The van der Waals surface area contributed by atoms with Crippen LogP contribution in [0.1, 0.15) is 12.5 Å². The number of ether oxygens (including phenoxy) is 2. The molecule has 3 aliphatic rings. The average Bonchev–Trinajstić information content (AvgIpc) is 3.65. The zero-order valence-corrected chi connectivity index (χ0v) is 22.0. The van der Waals surface area contributed by atoms with Crippen molar-refractivity contribution in [2.24, 2.45) is 5.73 Å². The van der Waals surface area contributed by atoms with E-state index in [1.165, 1.54) is 23.5 Å². The first-order valence-electron chi connectivity index (χ1n) is 11.9. The monoisotopic (exact) mass is 597 g/mol. The van der Waals surface area contributed by atoms with Gasteiger partial charge in [0.1, 0.15) is 30.0 Å². The molecule has 0 aromatic carbocycles. The molecule has 0 spiro atoms. The summed E-state index contributed by atoms with van der Waals surface area (Å²) >= 11 is 0. The molecule has 0 aliphatic carbocycles. The van der Waals surface area contributed by atoms with Crippen LogP contribution in [-0.2, 0) is 23.1 Å². The van der Waals surface area contributed by atoms with Crippen LogP contribution >= 0.6 is 16.4 Å². The van der Waals surface area contributed by atoms with Crippen LogP contribution in [0.5, 0.6) is 0 Å². The number of hydrogen-bond acceptors (Lipinski definition) is 14. The number of imidazole rings is 2. The van der Waals surface area contributed by atoms with Gasteiger partial charge in [-0.05, 0) is 0 Å². The fourth-order valence-corrected chi connectivity index (χ4v) is 7.92. The van der Waals surface area contributed by atoms with Crippen molar-refractivity contribution in [3.8, 4) is 0 Å². The van der Waals surface area contributed by atoms with Gasteiger partial charge in [-0.2, -0.15) is 4.98 Å². The number of anilines is 2. The summed E-state index contributed by atoms with van der Waals surface area (Å²) in [5.41, 5.74) is 17.5. The highest BCUT2D eigenvalue weighted by Gasteiger charge is 2.55. The number of nitrogens with zero attached hydrogens (tertiary/aromatic N) is 7. The number of nitrogen functional groups attached to an aromatic ring is 2. The molecule has 212 valence electrons. The molecule has 18 nitrogen and oxygen atoms in total. The lowest BCUT2D eigenvalue weighted by Crippen LogP contribution is -2.40. The Labute approximate surface area is 223 Å². The smallest absolute Gasteiger partial charge is 0.382 e. The molecule has 3 saturated heterocycles. The van der Waals surface area contributed by atoms with Crippen molar-refractivity contribution in [2.45, 2.75) is 48.4 Å². The third kappa shape index (κ3) is 4.01. The van der Waals surface area contributed by atoms with Gasteiger partial charge in [0.2, 0.25) is 5.95 Å². The van der Waals surface area contributed by atoms with Gasteiger partial charge in [0.25, 0.3) is 5.56 Å². The van der Waals surface area contributed by atoms with Crippen LogP contribution in [0.25, 0.3) is 22.3 Å². The number of rotatable bonds is 2. The van der Waals surface area contributed by atoms with E-state index in [1.54, 1.807) is 4.57 Å². The van der Waals surface area contributed by atoms with Crippen molar-refractivity contribution >= 4 is 50.5 Å². The SMILES string of the molecule is Nc1nc2c(ncn2[C@@H]2OC3PC4[C@@H](N)[C@@H](COP(=O)(O)O[C@@H]2[C@@H]3F)O[C@H]4n2cnc3c(N)ncnc32)c(=O)[nH]1. The number of fused-ring (bicyclic) bond motifs is 6. The number of hydrogen-bond donors (Lipinski definition) is 5. The molecule has 4 unspecified atom stereocenters. The van der Waals surface area contributed by atoms with Crippen LogP contribution in [0.2, 0.25) is 0 Å². The van der Waals surface area contributed by atoms with E-state index in [0.717, 1.165) is 0 Å². The molecule has 4 aromatic rings. The van der Waals surface area contributed by atoms with Crippen molar-refractivity contribution < 1.29 is 32.4 Å². The minimum Gasteiger partial charge on any atom is -0.382 e. The summed E-state index contributed by atoms with van der Waals surface area (Å²) in [6, 6.07) is -0.763. The van der Waals surface area contributed by atoms with Crippen molar-refractivity contribution in [1.82, 2.24) is 39.0 Å². The van der Waals surface area contributed by atoms with Gasteiger partial charge >= 0.3 is 7.82 Å². The van der Waals surface area contributed by atoms with E-state index in [9.17, 15) is 14.3 Å². The van der Waals surface area contributed by atoms with Gasteiger partial charge in [0.05, 0.1) is 25.4 Å². The highest BCUT2D eigenvalue weighted by Crippen LogP contribution is 2.56. The zero-order valence-electron chi connectivity index (χ0n) is 20.1. The molecule has 7 rings (SSSR count). The third-order valence-electron chi connectivity index (χ3n) is 7.04. The lowest BCUT2D eigenvalue weighted by atomic mass is 10.1. The highest BCUT2D eigenvalue weighted by atomic mass is 31.2. The molecule has 0 saturated carbocycles. The first kappa shape index (κ1) is 25.8. The van der Waals surface area contributed by atoms with Gasteiger partial charge in [0, 0.05) is 11.7 Å². The van der Waals surface area contributed by atoms with Crippen molar-refractivity contribution in [1.29, 1.82) is 0 Å². The van der Waals surface area contributed by atoms with Crippen molar-refractivity contribution in [2.75, 3.05) is 18.1 Å². The van der Waals surface area contributed by atoms with E-state index in [-0.39, 0.29) is 31.5 Å². The lowest BCUT2D eigenvalue weighted by Gasteiger charge is -2.25. The van der Waals surface area contributed by atoms with E-state index in [0.29, 0.717) is 11.2 Å². The number of alkyl halides is 1. The minimum absolute atomic E-state index is 0.0298. The van der Waals surface area contributed by atoms with Crippen LogP contribution in [0.4, 0.5) is 16.2 Å². The molecule has 0 radical (unpaired) electrons. The fraction of sp³-hybridized carbons (Fsp3) is 0.474. The van der Waals surface area contributed by atoms with E-state index in [4.69, 9.17) is 35.7 Å². The number of phosphoric ester groups is 1. The zero-order chi connectivity index (χ0) is 27.9. The lowest BCUT2D eigenvalue weighted by molar-refractivity contribution is -0.0378. The quantitative estimate of drug-likeness (QED) is 0.175. The highest BCUT2D eigenvalue weighted by molar-refractivity contribution is 7.47. The van der Waals surface area contributed by atoms with Gasteiger partial charge in [-0.1, -0.05) is 8.58 Å². The van der Waals surface area contributed by atoms with Crippen molar-refractivity contribution in [3.05, 3.63) is 29.3 Å². The topological polar surface area (TPSA) is 259 Å². The van der Waals surface area contributed by atoms with Crippen molar-refractivity contribution in [3.63, 3.8) is 0 Å². The molecule has 0 amide bonds. The predicted molar refractivity (Wildman–Crippen MR) is 136 cm³/mol. The number of phosphoric acid groups is 1. The Morgan fingerprint density at radius 3 is 2.65 bits per heavy atom. The average molecular weight is 597 g/mol. The Morgan fingerprint density at radius 1 is 1.10 bits per heavy atom. The van der Waals surface area contributed by atoms with Crippen LogP contribution in [0.15, 0.2) is 23.8 Å². The van der Waals surface area contributed by atoms with E-state index in [2.05, 4.69) is 29.9 Å². The van der Waals surface area contributed by atoms with Gasteiger partial charge in [-0.15, -0.1) is 0 Å². The van der Waals surface area contributed by atoms with Crippen LogP contribution in [-0.4, -0.2) is 86.5 Å². The summed E-state index contributed by atoms with van der Waals surface area (Å²) in [5, 5.41) is 0. The standard InChI is InChI=1S/C19H22FN11O7P2/c20-6-10-16(31-4-27-9-14(31)28-19(23)29-15(9)32)37-18(6)39-11-7(21)5(1-35-40(33,34)38-10)36-17(11)30-3-26-8-12(22)24-2-25-13(8)30/h2-7,10-11,16-18,39H,1,21H2,(H,33,34)(H2,22,24,25)(H3,23,28,29,32)/t5-,6+,7+,10-,11?,16-,17-,18?/m1/s1. The van der Waals surface area contributed by atoms with Crippen LogP contribution < -0.4 is 22.8 Å². The Kier molecular flexibility index (Phi) is 5.92. The molecular weight excluding hydrogens is 575 g/mol. The number of H-pyrrole nitrogens is 1. The summed E-state index contributed by atoms with van der Waals surface area (Å²) in [4.78, 5) is 45.7. The van der Waals surface area contributed by atoms with E-state index in [1.807, 2.05) is 0 Å². The maximum absolute atomic E-state index is 16.1. The molecule has 7 heterocycles. The summed E-state index contributed by atoms with van der Waals surface area (Å²) in [6.45, 7) is -0.419. The molecule has 3 fully saturated rings. The molecule has 4 aromatic heterocycles. The molecule has 8 N–H and O–H groups in total. The normalized spacial score (nSPS) is 36.9. The van der Waals surface area contributed by atoms with Crippen LogP contribution in [0, 0.1) is 0 Å². The molecule has 3 aliphatic heterocycles. The number of aromatic amines is 1. The maximum Gasteiger partial charge on any atom is 0.472 e. The van der Waals surface area contributed by atoms with Gasteiger partial charge in [0.15, 0.2) is 35.0 Å². The third-order valence-corrected chi connectivity index (χ3v) is 9.86. The summed E-state index contributed by atoms with van der Waals surface area (Å²) in [5.74, 6) is -1.22. The maximum atomic E-state index is 16.1. The number of aromatic nitrogens is 8. The van der Waals surface area contributed by atoms with E-state index < -0.39 is 68.4 Å². The second-order valence-electron chi connectivity index (χ2n) is 9.42. The molecule has 40 heavy (non-hydrogen) atoms. The largest absolute Gasteiger partial charge is 0.472 e. The van der Waals surface area contributed by atoms with Gasteiger partial charge in [-0.25, -0.2) is 28.9 Å². The summed E-state index contributed by atoms with van der Waals surface area (Å²) < 4.78 is 54.6. The number of nitrogens with one attached hydrogen (secondary N) is 1. The Hall–Kier alpha value is -3.15. The van der Waals surface area contributed by atoms with Gasteiger partial charge in [-0.3, -0.25) is 28.0 Å². The molecule has 21 heteroatoms. The minimum atomic E-state index is -4.87. The second-order valence-corrected chi connectivity index (χ2v) is 12.4. The van der Waals surface area contributed by atoms with Crippen LogP contribution in [0.3, 0.4) is 0 Å². The first-order valence-corrected chi connectivity index (χ1v) is 14.5. The molecular formula is C19H22FN11O7P2. The van der Waals surface area contributed by atoms with E-state index >= 15 is 4.39 Å². The predicted octanol–water partition coefficient (Wildman–Crippen LogP) is -0.896. The fourth-order valence-electron chi connectivity index (χ4n) is 5.18. The van der Waals surface area contributed by atoms with Gasteiger partial charge < -0.3 is 31.6 Å². The Balaban J connectivity index is 1.30. The molecule has 4 bridgehead atoms. The second kappa shape index (κ2) is 9.19. The first-order chi connectivity index (χ1) is 19.1.